The standard InChI is InChI=1S/C21H23F2N3O5/c22-13-6-4-12(5-7-13)10-24-18(27)9-16-19(28)20(29)17(31-16)11-25-21(30)26-15-3-1-2-14(23)8-15/h1-8,16-17,19-20,28-29H,9-11H2,(H,24,27)(H2,25,26,30)/t16-,17-,19-,20+/m0/s1. The number of aliphatic hydroxyl groups excluding tert-OH is 2. The van der Waals surface area contributed by atoms with Gasteiger partial charge in [-0.1, -0.05) is 18.2 Å². The van der Waals surface area contributed by atoms with Gasteiger partial charge in [-0.15, -0.1) is 0 Å². The Labute approximate surface area is 177 Å². The number of ether oxygens (including phenoxy) is 1. The molecule has 0 saturated carbocycles. The van der Waals surface area contributed by atoms with E-state index in [0.29, 0.717) is 5.56 Å². The van der Waals surface area contributed by atoms with Crippen LogP contribution in [0.5, 0.6) is 0 Å². The van der Waals surface area contributed by atoms with Gasteiger partial charge >= 0.3 is 6.03 Å². The summed E-state index contributed by atoms with van der Waals surface area (Å²) in [7, 11) is 0. The van der Waals surface area contributed by atoms with Crippen LogP contribution >= 0.6 is 0 Å². The maximum absolute atomic E-state index is 13.2. The van der Waals surface area contributed by atoms with Crippen LogP contribution < -0.4 is 16.0 Å². The molecule has 1 aliphatic heterocycles. The zero-order chi connectivity index (χ0) is 22.4. The Morgan fingerprint density at radius 3 is 2.35 bits per heavy atom. The minimum atomic E-state index is -1.31. The molecule has 0 spiro atoms. The molecule has 1 aliphatic rings. The lowest BCUT2D eigenvalue weighted by Crippen LogP contribution is -2.41. The van der Waals surface area contributed by atoms with Crippen LogP contribution in [-0.4, -0.2) is 53.1 Å². The second-order valence-corrected chi connectivity index (χ2v) is 7.15. The van der Waals surface area contributed by atoms with Gasteiger partial charge in [-0.2, -0.15) is 0 Å². The van der Waals surface area contributed by atoms with Crippen LogP contribution in [0.25, 0.3) is 0 Å². The Kier molecular flexibility index (Phi) is 7.50. The van der Waals surface area contributed by atoms with E-state index in [4.69, 9.17) is 4.74 Å². The van der Waals surface area contributed by atoms with Gasteiger partial charge in [-0.25, -0.2) is 13.6 Å². The molecule has 0 bridgehead atoms. The summed E-state index contributed by atoms with van der Waals surface area (Å²) in [6.45, 7) is 0.0444. The number of anilines is 1. The number of halogens is 2. The summed E-state index contributed by atoms with van der Waals surface area (Å²) in [6.07, 6.45) is -4.70. The maximum Gasteiger partial charge on any atom is 0.319 e. The van der Waals surface area contributed by atoms with Crippen molar-refractivity contribution in [1.82, 2.24) is 10.6 Å². The average Bonchev–Trinajstić information content (AvgIpc) is 2.99. The number of hydrogen-bond donors (Lipinski definition) is 5. The topological polar surface area (TPSA) is 120 Å². The summed E-state index contributed by atoms with van der Waals surface area (Å²) in [5.41, 5.74) is 0.954. The molecule has 5 N–H and O–H groups in total. The minimum absolute atomic E-state index is 0.132. The third kappa shape index (κ3) is 6.45. The van der Waals surface area contributed by atoms with Gasteiger partial charge in [0.2, 0.25) is 5.91 Å². The molecule has 1 fully saturated rings. The van der Waals surface area contributed by atoms with Gasteiger partial charge in [0.05, 0.1) is 12.5 Å². The van der Waals surface area contributed by atoms with E-state index in [1.807, 2.05) is 0 Å². The molecule has 2 aromatic rings. The number of nitrogens with one attached hydrogen (secondary N) is 3. The van der Waals surface area contributed by atoms with E-state index in [9.17, 15) is 28.6 Å². The lowest BCUT2D eigenvalue weighted by molar-refractivity contribution is -0.125. The molecule has 3 amide bonds. The Hall–Kier alpha value is -3.08. The highest BCUT2D eigenvalue weighted by molar-refractivity contribution is 5.89. The van der Waals surface area contributed by atoms with Gasteiger partial charge in [0.25, 0.3) is 0 Å². The zero-order valence-corrected chi connectivity index (χ0v) is 16.4. The fourth-order valence-electron chi connectivity index (χ4n) is 3.16. The van der Waals surface area contributed by atoms with E-state index in [0.717, 1.165) is 6.07 Å². The third-order valence-corrected chi connectivity index (χ3v) is 4.80. The average molecular weight is 435 g/mol. The van der Waals surface area contributed by atoms with E-state index < -0.39 is 42.2 Å². The van der Waals surface area contributed by atoms with Crippen molar-refractivity contribution in [2.45, 2.75) is 37.4 Å². The molecule has 2 aromatic carbocycles. The van der Waals surface area contributed by atoms with Gasteiger partial charge in [-0.05, 0) is 35.9 Å². The Morgan fingerprint density at radius 2 is 1.65 bits per heavy atom. The van der Waals surface area contributed by atoms with E-state index >= 15 is 0 Å². The number of carbonyl (C=O) groups is 2. The molecule has 8 nitrogen and oxygen atoms in total. The SMILES string of the molecule is O=C(C[C@@H]1O[C@@H](CNC(=O)Nc2cccc(F)c2)[C@@H](O)[C@H]1O)NCc1ccc(F)cc1. The van der Waals surface area contributed by atoms with Crippen molar-refractivity contribution in [2.75, 3.05) is 11.9 Å². The first-order valence-corrected chi connectivity index (χ1v) is 9.65. The fourth-order valence-corrected chi connectivity index (χ4v) is 3.16. The molecule has 1 saturated heterocycles. The van der Waals surface area contributed by atoms with Crippen molar-refractivity contribution in [3.63, 3.8) is 0 Å². The molecule has 0 unspecified atom stereocenters. The van der Waals surface area contributed by atoms with Gasteiger partial charge in [-0.3, -0.25) is 4.79 Å². The van der Waals surface area contributed by atoms with E-state index in [-0.39, 0.29) is 31.0 Å². The molecule has 0 radical (unpaired) electrons. The van der Waals surface area contributed by atoms with E-state index in [1.54, 1.807) is 0 Å². The summed E-state index contributed by atoms with van der Waals surface area (Å²) >= 11 is 0. The number of benzene rings is 2. The second kappa shape index (κ2) is 10.3. The smallest absolute Gasteiger partial charge is 0.319 e. The van der Waals surface area contributed by atoms with Gasteiger partial charge in [0.1, 0.15) is 29.9 Å². The minimum Gasteiger partial charge on any atom is -0.388 e. The molecule has 0 aromatic heterocycles. The lowest BCUT2D eigenvalue weighted by atomic mass is 10.1. The summed E-state index contributed by atoms with van der Waals surface area (Å²) < 4.78 is 31.6. The summed E-state index contributed by atoms with van der Waals surface area (Å²) in [4.78, 5) is 24.1. The highest BCUT2D eigenvalue weighted by Gasteiger charge is 2.43. The van der Waals surface area contributed by atoms with Crippen molar-refractivity contribution in [3.05, 3.63) is 65.7 Å². The first-order chi connectivity index (χ1) is 14.8. The Morgan fingerprint density at radius 1 is 0.935 bits per heavy atom. The molecular weight excluding hydrogens is 412 g/mol. The first-order valence-electron chi connectivity index (χ1n) is 9.65. The summed E-state index contributed by atoms with van der Waals surface area (Å²) in [5.74, 6) is -1.30. The number of carbonyl (C=O) groups excluding carboxylic acids is 2. The number of rotatable bonds is 7. The van der Waals surface area contributed by atoms with Crippen LogP contribution in [-0.2, 0) is 16.1 Å². The normalized spacial score (nSPS) is 22.7. The zero-order valence-electron chi connectivity index (χ0n) is 16.4. The largest absolute Gasteiger partial charge is 0.388 e. The van der Waals surface area contributed by atoms with E-state index in [2.05, 4.69) is 16.0 Å². The fraction of sp³-hybridized carbons (Fsp3) is 0.333. The molecule has 1 heterocycles. The van der Waals surface area contributed by atoms with Crippen LogP contribution in [0, 0.1) is 11.6 Å². The predicted molar refractivity (Wildman–Crippen MR) is 107 cm³/mol. The van der Waals surface area contributed by atoms with Crippen molar-refractivity contribution in [2.24, 2.45) is 0 Å². The maximum atomic E-state index is 13.2. The highest BCUT2D eigenvalue weighted by atomic mass is 19.1. The van der Waals surface area contributed by atoms with Gasteiger partial charge < -0.3 is 30.9 Å². The quantitative estimate of drug-likeness (QED) is 0.449. The van der Waals surface area contributed by atoms with Crippen LogP contribution in [0.2, 0.25) is 0 Å². The molecular formula is C21H23F2N3O5. The summed E-state index contributed by atoms with van der Waals surface area (Å²) in [6, 6.07) is 10.3. The van der Waals surface area contributed by atoms with Crippen molar-refractivity contribution >= 4 is 17.6 Å². The molecule has 10 heteroatoms. The van der Waals surface area contributed by atoms with Crippen molar-refractivity contribution in [3.8, 4) is 0 Å². The monoisotopic (exact) mass is 435 g/mol. The lowest BCUT2D eigenvalue weighted by Gasteiger charge is -2.16. The predicted octanol–water partition coefficient (Wildman–Crippen LogP) is 1.28. The van der Waals surface area contributed by atoms with Crippen molar-refractivity contribution < 1.29 is 33.3 Å². The summed E-state index contributed by atoms with van der Waals surface area (Å²) in [5, 5.41) is 27.8. The van der Waals surface area contributed by atoms with Gasteiger partial charge in [0.15, 0.2) is 0 Å². The van der Waals surface area contributed by atoms with Crippen LogP contribution in [0.4, 0.5) is 19.3 Å². The van der Waals surface area contributed by atoms with Gasteiger partial charge in [0, 0.05) is 18.8 Å². The molecule has 3 rings (SSSR count). The Balaban J connectivity index is 1.43. The van der Waals surface area contributed by atoms with Crippen LogP contribution in [0.3, 0.4) is 0 Å². The van der Waals surface area contributed by atoms with E-state index in [1.165, 1.54) is 42.5 Å². The highest BCUT2D eigenvalue weighted by Crippen LogP contribution is 2.23. The van der Waals surface area contributed by atoms with Crippen molar-refractivity contribution in [1.29, 1.82) is 0 Å². The molecule has 31 heavy (non-hydrogen) atoms. The molecule has 4 atom stereocenters. The van der Waals surface area contributed by atoms with Crippen LogP contribution in [0.15, 0.2) is 48.5 Å². The molecule has 0 aliphatic carbocycles. The number of hydrogen-bond acceptors (Lipinski definition) is 5. The third-order valence-electron chi connectivity index (χ3n) is 4.80. The molecule has 166 valence electrons. The first kappa shape index (κ1) is 22.6. The second-order valence-electron chi connectivity index (χ2n) is 7.15. The number of urea groups is 1. The Bertz CT molecular complexity index is 912. The number of aliphatic hydroxyl groups is 2. The van der Waals surface area contributed by atoms with Crippen LogP contribution in [0.1, 0.15) is 12.0 Å². The number of amides is 3.